The highest BCUT2D eigenvalue weighted by atomic mass is 19.4. The van der Waals surface area contributed by atoms with Crippen LogP contribution in [-0.2, 0) is 6.18 Å². The van der Waals surface area contributed by atoms with Crippen LogP contribution in [0.5, 0.6) is 5.75 Å². The second kappa shape index (κ2) is 6.17. The van der Waals surface area contributed by atoms with Gasteiger partial charge in [-0.1, -0.05) is 6.08 Å². The van der Waals surface area contributed by atoms with Crippen LogP contribution in [0.1, 0.15) is 29.3 Å². The zero-order valence-electron chi connectivity index (χ0n) is 11.6. The Labute approximate surface area is 124 Å². The van der Waals surface area contributed by atoms with E-state index in [9.17, 15) is 22.4 Å². The highest BCUT2D eigenvalue weighted by molar-refractivity contribution is 5.79. The first-order chi connectivity index (χ1) is 10.3. The fourth-order valence-electron chi connectivity index (χ4n) is 1.85. The van der Waals surface area contributed by atoms with Crippen molar-refractivity contribution < 1.29 is 27.1 Å². The van der Waals surface area contributed by atoms with Gasteiger partial charge in [0.05, 0.1) is 11.1 Å². The second-order valence-electron chi connectivity index (χ2n) is 4.71. The number of aldehydes is 1. The van der Waals surface area contributed by atoms with Gasteiger partial charge in [0.15, 0.2) is 6.29 Å². The maximum absolute atomic E-state index is 13.2. The average molecular weight is 312 g/mol. The first-order valence-electron chi connectivity index (χ1n) is 6.39. The smallest absolute Gasteiger partial charge is 0.416 e. The largest absolute Gasteiger partial charge is 0.456 e. The van der Waals surface area contributed by atoms with Crippen LogP contribution in [0.25, 0.3) is 0 Å². The van der Waals surface area contributed by atoms with Crippen LogP contribution >= 0.6 is 0 Å². The van der Waals surface area contributed by atoms with Crippen molar-refractivity contribution in [2.45, 2.75) is 19.5 Å². The van der Waals surface area contributed by atoms with E-state index in [2.05, 4.69) is 0 Å². The number of hydrogen-bond acceptors (Lipinski definition) is 2. The summed E-state index contributed by atoms with van der Waals surface area (Å²) in [4.78, 5) is 11.0. The van der Waals surface area contributed by atoms with Crippen molar-refractivity contribution in [3.8, 4) is 5.75 Å². The predicted octanol–water partition coefficient (Wildman–Crippen LogP) is 4.98. The van der Waals surface area contributed by atoms with Gasteiger partial charge in [-0.05, 0) is 42.8 Å². The molecule has 0 saturated heterocycles. The number of ether oxygens (including phenoxy) is 1. The summed E-state index contributed by atoms with van der Waals surface area (Å²) >= 11 is 0. The third-order valence-electron chi connectivity index (χ3n) is 3.10. The Morgan fingerprint density at radius 1 is 1.23 bits per heavy atom. The zero-order valence-corrected chi connectivity index (χ0v) is 11.6. The number of allylic oxidation sites excluding steroid dienone is 5. The molecule has 1 aliphatic rings. The number of benzene rings is 1. The summed E-state index contributed by atoms with van der Waals surface area (Å²) in [6.45, 7) is 1.65. The SMILES string of the molecule is CC1=CCC(F)=CC=C1Oc1cc(C(F)(F)F)ccc1C=O. The monoisotopic (exact) mass is 312 g/mol. The topological polar surface area (TPSA) is 26.3 Å². The summed E-state index contributed by atoms with van der Waals surface area (Å²) in [5, 5.41) is 0. The zero-order chi connectivity index (χ0) is 16.3. The van der Waals surface area contributed by atoms with Crippen LogP contribution in [0, 0.1) is 0 Å². The molecule has 0 N–H and O–H groups in total. The van der Waals surface area contributed by atoms with Gasteiger partial charge in [-0.3, -0.25) is 4.79 Å². The van der Waals surface area contributed by atoms with Crippen LogP contribution in [0.15, 0.2) is 53.6 Å². The fraction of sp³-hybridized carbons (Fsp3) is 0.188. The number of carbonyl (C=O) groups excluding carboxylic acids is 1. The standard InChI is InChI=1S/C16H12F4O2/c1-10-2-5-13(17)6-7-14(10)22-15-8-12(16(18,19)20)4-3-11(15)9-21/h2-4,6-9H,5H2,1H3. The van der Waals surface area contributed by atoms with Crippen LogP contribution in [-0.4, -0.2) is 6.29 Å². The van der Waals surface area contributed by atoms with E-state index in [0.29, 0.717) is 11.9 Å². The van der Waals surface area contributed by atoms with Crippen LogP contribution in [0.4, 0.5) is 17.6 Å². The highest BCUT2D eigenvalue weighted by Gasteiger charge is 2.31. The molecule has 1 aromatic rings. The maximum Gasteiger partial charge on any atom is 0.416 e. The Balaban J connectivity index is 2.41. The molecule has 2 nitrogen and oxygen atoms in total. The normalized spacial score (nSPS) is 15.4. The fourth-order valence-corrected chi connectivity index (χ4v) is 1.85. The first-order valence-corrected chi connectivity index (χ1v) is 6.39. The lowest BCUT2D eigenvalue weighted by atomic mass is 10.1. The van der Waals surface area contributed by atoms with Crippen molar-refractivity contribution in [1.82, 2.24) is 0 Å². The van der Waals surface area contributed by atoms with Crippen molar-refractivity contribution in [1.29, 1.82) is 0 Å². The minimum atomic E-state index is -4.55. The quantitative estimate of drug-likeness (QED) is 0.581. The molecule has 0 aliphatic heterocycles. The molecule has 0 atom stereocenters. The van der Waals surface area contributed by atoms with Gasteiger partial charge in [0, 0.05) is 6.42 Å². The molecule has 0 amide bonds. The van der Waals surface area contributed by atoms with Gasteiger partial charge < -0.3 is 4.74 Å². The molecular formula is C16H12F4O2. The molecule has 22 heavy (non-hydrogen) atoms. The van der Waals surface area contributed by atoms with Gasteiger partial charge in [-0.25, -0.2) is 4.39 Å². The Kier molecular flexibility index (Phi) is 4.49. The summed E-state index contributed by atoms with van der Waals surface area (Å²) in [6.07, 6.45) is -0.00675. The number of halogens is 4. The Hall–Kier alpha value is -2.37. The summed E-state index contributed by atoms with van der Waals surface area (Å²) in [6, 6.07) is 2.60. The molecule has 0 bridgehead atoms. The van der Waals surface area contributed by atoms with Crippen molar-refractivity contribution >= 4 is 6.29 Å². The van der Waals surface area contributed by atoms with E-state index < -0.39 is 17.6 Å². The molecule has 0 fully saturated rings. The molecule has 0 unspecified atom stereocenters. The summed E-state index contributed by atoms with van der Waals surface area (Å²) in [7, 11) is 0. The second-order valence-corrected chi connectivity index (χ2v) is 4.71. The van der Waals surface area contributed by atoms with Gasteiger partial charge in [-0.2, -0.15) is 13.2 Å². The summed E-state index contributed by atoms with van der Waals surface area (Å²) in [5.74, 6) is -0.424. The Morgan fingerprint density at radius 2 is 1.95 bits per heavy atom. The molecule has 0 aromatic heterocycles. The number of alkyl halides is 3. The molecule has 6 heteroatoms. The third kappa shape index (κ3) is 3.63. The minimum absolute atomic E-state index is 0.0181. The van der Waals surface area contributed by atoms with Crippen LogP contribution in [0.2, 0.25) is 0 Å². The molecule has 0 heterocycles. The molecule has 1 aromatic carbocycles. The van der Waals surface area contributed by atoms with Crippen LogP contribution < -0.4 is 4.74 Å². The Morgan fingerprint density at radius 3 is 2.59 bits per heavy atom. The number of rotatable bonds is 3. The van der Waals surface area contributed by atoms with E-state index in [0.717, 1.165) is 18.2 Å². The summed E-state index contributed by atoms with van der Waals surface area (Å²) < 4.78 is 56.8. The molecule has 0 saturated carbocycles. The third-order valence-corrected chi connectivity index (χ3v) is 3.10. The lowest BCUT2D eigenvalue weighted by Gasteiger charge is -2.14. The van der Waals surface area contributed by atoms with Gasteiger partial charge in [-0.15, -0.1) is 0 Å². The molecular weight excluding hydrogens is 300 g/mol. The van der Waals surface area contributed by atoms with Gasteiger partial charge in [0.2, 0.25) is 0 Å². The van der Waals surface area contributed by atoms with E-state index in [-0.39, 0.29) is 23.5 Å². The molecule has 2 rings (SSSR count). The highest BCUT2D eigenvalue weighted by Crippen LogP contribution is 2.34. The predicted molar refractivity (Wildman–Crippen MR) is 73.1 cm³/mol. The molecule has 0 radical (unpaired) electrons. The van der Waals surface area contributed by atoms with E-state index in [1.54, 1.807) is 13.0 Å². The first kappa shape index (κ1) is 16.0. The van der Waals surface area contributed by atoms with Crippen LogP contribution in [0.3, 0.4) is 0 Å². The number of hydrogen-bond donors (Lipinski definition) is 0. The van der Waals surface area contributed by atoms with Crippen molar-refractivity contribution in [3.05, 3.63) is 64.7 Å². The average Bonchev–Trinajstić information content (AvgIpc) is 2.62. The lowest BCUT2D eigenvalue weighted by molar-refractivity contribution is -0.137. The van der Waals surface area contributed by atoms with Crippen molar-refractivity contribution in [2.24, 2.45) is 0 Å². The van der Waals surface area contributed by atoms with Gasteiger partial charge in [0.25, 0.3) is 0 Å². The van der Waals surface area contributed by atoms with Crippen molar-refractivity contribution in [3.63, 3.8) is 0 Å². The molecule has 1 aliphatic carbocycles. The molecule has 116 valence electrons. The van der Waals surface area contributed by atoms with Gasteiger partial charge in [0.1, 0.15) is 17.3 Å². The van der Waals surface area contributed by atoms with Crippen molar-refractivity contribution in [2.75, 3.05) is 0 Å². The van der Waals surface area contributed by atoms with Gasteiger partial charge >= 0.3 is 6.18 Å². The van der Waals surface area contributed by atoms with E-state index in [1.807, 2.05) is 0 Å². The van der Waals surface area contributed by atoms with E-state index >= 15 is 0 Å². The summed E-state index contributed by atoms with van der Waals surface area (Å²) in [5.41, 5.74) is -0.376. The van der Waals surface area contributed by atoms with E-state index in [4.69, 9.17) is 4.74 Å². The lowest BCUT2D eigenvalue weighted by Crippen LogP contribution is -2.07. The molecule has 0 spiro atoms. The number of carbonyl (C=O) groups is 1. The minimum Gasteiger partial charge on any atom is -0.456 e. The Bertz CT molecular complexity index is 682. The van der Waals surface area contributed by atoms with E-state index in [1.165, 1.54) is 12.2 Å². The maximum atomic E-state index is 13.2.